The summed E-state index contributed by atoms with van der Waals surface area (Å²) < 4.78 is 12.4. The van der Waals surface area contributed by atoms with Crippen LogP contribution in [0.15, 0.2) is 48.7 Å². The third-order valence-electron chi connectivity index (χ3n) is 8.65. The second-order valence-electron chi connectivity index (χ2n) is 12.7. The monoisotopic (exact) mass is 669 g/mol. The van der Waals surface area contributed by atoms with Gasteiger partial charge in [-0.3, -0.25) is 9.59 Å². The van der Waals surface area contributed by atoms with Gasteiger partial charge < -0.3 is 50.2 Å². The first-order valence-electron chi connectivity index (χ1n) is 16.2. The van der Waals surface area contributed by atoms with Gasteiger partial charge in [0.25, 0.3) is 0 Å². The summed E-state index contributed by atoms with van der Waals surface area (Å²) in [5.41, 5.74) is 3.53. The summed E-state index contributed by atoms with van der Waals surface area (Å²) in [5.74, 6) is -1.70. The van der Waals surface area contributed by atoms with E-state index in [1.165, 1.54) is 13.8 Å². The zero-order valence-electron chi connectivity index (χ0n) is 27.8. The average molecular weight is 670 g/mol. The molecule has 6 atom stereocenters. The number of aryl methyl sites for hydroxylation is 2. The molecule has 7 N–H and O–H groups in total. The Morgan fingerprint density at radius 1 is 1.00 bits per heavy atom. The molecule has 2 aromatic carbocycles. The summed E-state index contributed by atoms with van der Waals surface area (Å²) in [6.07, 6.45) is -2.59. The molecule has 262 valence electrons. The molecule has 4 rings (SSSR count). The number of carbonyl (C=O) groups is 3. The second-order valence-corrected chi connectivity index (χ2v) is 12.7. The van der Waals surface area contributed by atoms with Crippen LogP contribution in [0.25, 0.3) is 10.9 Å². The van der Waals surface area contributed by atoms with Crippen LogP contribution < -0.4 is 10.6 Å². The van der Waals surface area contributed by atoms with Crippen LogP contribution in [0.3, 0.4) is 0 Å². The molecule has 13 heteroatoms. The third kappa shape index (κ3) is 8.41. The number of esters is 1. The third-order valence-corrected chi connectivity index (χ3v) is 8.65. The molecule has 2 heterocycles. The molecule has 2 amide bonds. The van der Waals surface area contributed by atoms with Crippen molar-refractivity contribution >= 4 is 28.7 Å². The van der Waals surface area contributed by atoms with Gasteiger partial charge in [0.1, 0.15) is 30.0 Å². The number of benzene rings is 2. The number of ether oxygens (including phenoxy) is 2. The first-order chi connectivity index (χ1) is 22.8. The summed E-state index contributed by atoms with van der Waals surface area (Å²) in [7, 11) is 0. The summed E-state index contributed by atoms with van der Waals surface area (Å²) >= 11 is 0. The zero-order chi connectivity index (χ0) is 35.2. The van der Waals surface area contributed by atoms with Crippen LogP contribution >= 0.6 is 0 Å². The molecular weight excluding hydrogens is 622 g/mol. The second kappa shape index (κ2) is 16.0. The van der Waals surface area contributed by atoms with Gasteiger partial charge in [-0.2, -0.15) is 0 Å². The van der Waals surface area contributed by atoms with Crippen molar-refractivity contribution in [1.29, 1.82) is 0 Å². The highest BCUT2D eigenvalue weighted by Crippen LogP contribution is 2.35. The number of amides is 2. The quantitative estimate of drug-likeness (QED) is 0.120. The maximum atomic E-state index is 12.7. The van der Waals surface area contributed by atoms with Crippen molar-refractivity contribution in [2.24, 2.45) is 0 Å². The maximum Gasteiger partial charge on any atom is 0.331 e. The minimum atomic E-state index is -1.49. The number of aliphatic hydroxyl groups excluding tert-OH is 5. The molecule has 0 aliphatic carbocycles. The van der Waals surface area contributed by atoms with Crippen molar-refractivity contribution in [2.45, 2.75) is 95.6 Å². The Hall–Kier alpha value is -3.85. The highest BCUT2D eigenvalue weighted by Gasteiger charge is 2.44. The highest BCUT2D eigenvalue weighted by atomic mass is 16.6. The van der Waals surface area contributed by atoms with Gasteiger partial charge in [-0.1, -0.05) is 36.4 Å². The number of aliphatic hydroxyl groups is 5. The van der Waals surface area contributed by atoms with Crippen molar-refractivity contribution < 1.29 is 49.4 Å². The zero-order valence-corrected chi connectivity index (χ0v) is 27.8. The van der Waals surface area contributed by atoms with Crippen molar-refractivity contribution in [3.05, 3.63) is 70.9 Å². The van der Waals surface area contributed by atoms with Crippen LogP contribution in [0, 0.1) is 6.92 Å². The molecule has 1 aliphatic heterocycles. The normalized spacial score (nSPS) is 21.9. The molecule has 1 aromatic heterocycles. The molecule has 0 saturated carbocycles. The van der Waals surface area contributed by atoms with Crippen molar-refractivity contribution in [3.63, 3.8) is 0 Å². The first-order valence-corrected chi connectivity index (χ1v) is 16.2. The fourth-order valence-corrected chi connectivity index (χ4v) is 5.97. The molecular formula is C35H47N3O10. The van der Waals surface area contributed by atoms with Crippen LogP contribution in [0.4, 0.5) is 0 Å². The van der Waals surface area contributed by atoms with Crippen LogP contribution in [-0.2, 0) is 36.7 Å². The lowest BCUT2D eigenvalue weighted by atomic mass is 9.98. The Bertz CT molecular complexity index is 1570. The smallest absolute Gasteiger partial charge is 0.331 e. The molecule has 48 heavy (non-hydrogen) atoms. The van der Waals surface area contributed by atoms with E-state index in [-0.39, 0.29) is 18.9 Å². The average Bonchev–Trinajstić information content (AvgIpc) is 3.42. The Morgan fingerprint density at radius 2 is 1.69 bits per heavy atom. The lowest BCUT2D eigenvalue weighted by molar-refractivity contribution is -0.250. The molecule has 0 radical (unpaired) electrons. The van der Waals surface area contributed by atoms with Crippen molar-refractivity contribution in [3.8, 4) is 0 Å². The molecule has 1 fully saturated rings. The Labute approximate surface area is 279 Å². The van der Waals surface area contributed by atoms with Gasteiger partial charge in [0.15, 0.2) is 12.3 Å². The summed E-state index contributed by atoms with van der Waals surface area (Å²) in [6.45, 7) is 5.61. The summed E-state index contributed by atoms with van der Waals surface area (Å²) in [4.78, 5) is 37.2. The van der Waals surface area contributed by atoms with E-state index in [9.17, 15) is 39.9 Å². The SMILES string of the molecule is CCOC(=O)C(CO)NC(=O)C(C)(C)NC(=O)CCCc1ccc(Cc2cn([C@@H]3O[C@H](CO)[C@@H](O)[C@H](O)[C@H]3O)c3cccc(C)c23)cc1. The van der Waals surface area contributed by atoms with E-state index < -0.39 is 67.3 Å². The Morgan fingerprint density at radius 3 is 2.33 bits per heavy atom. The van der Waals surface area contributed by atoms with Gasteiger partial charge in [0.2, 0.25) is 11.8 Å². The predicted octanol–water partition coefficient (Wildman–Crippen LogP) is 0.771. The van der Waals surface area contributed by atoms with Crippen LogP contribution in [0.5, 0.6) is 0 Å². The fourth-order valence-electron chi connectivity index (χ4n) is 5.97. The summed E-state index contributed by atoms with van der Waals surface area (Å²) in [6, 6.07) is 12.6. The molecule has 0 bridgehead atoms. The topological polar surface area (TPSA) is 200 Å². The minimum absolute atomic E-state index is 0.105. The van der Waals surface area contributed by atoms with Crippen molar-refractivity contribution in [2.75, 3.05) is 19.8 Å². The lowest BCUT2D eigenvalue weighted by Gasteiger charge is -2.40. The van der Waals surface area contributed by atoms with Crippen LogP contribution in [0.1, 0.15) is 62.1 Å². The molecule has 1 unspecified atom stereocenters. The van der Waals surface area contributed by atoms with Gasteiger partial charge in [-0.15, -0.1) is 0 Å². The Kier molecular flexibility index (Phi) is 12.4. The molecule has 0 spiro atoms. The van der Waals surface area contributed by atoms with Gasteiger partial charge in [-0.05, 0) is 75.3 Å². The number of fused-ring (bicyclic) bond motifs is 1. The summed E-state index contributed by atoms with van der Waals surface area (Å²) in [5, 5.41) is 56.6. The number of rotatable bonds is 14. The maximum absolute atomic E-state index is 12.7. The Balaban J connectivity index is 1.37. The number of hydrogen-bond acceptors (Lipinski definition) is 10. The van der Waals surface area contributed by atoms with Crippen molar-refractivity contribution in [1.82, 2.24) is 15.2 Å². The standard InChI is InChI=1S/C35H47N3O10/c1-5-47-33(45)24(18-39)36-34(46)35(3,4)37-27(41)11-7-9-21-12-14-22(15-13-21)16-23-17-38(25-10-6-8-20(2)28(23)25)32-31(44)30(43)29(42)26(19-40)48-32/h6,8,10,12-15,17,24,26,29-32,39-40,42-44H,5,7,9,11,16,18-19H2,1-4H3,(H,36,46)(H,37,41)/t24?,26-,29-,30+,31-,32-/m1/s1. The number of nitrogens with zero attached hydrogens (tertiary/aromatic N) is 1. The van der Waals surface area contributed by atoms with E-state index in [1.807, 2.05) is 55.6 Å². The first kappa shape index (κ1) is 37.0. The predicted molar refractivity (Wildman–Crippen MR) is 176 cm³/mol. The number of hydrogen-bond donors (Lipinski definition) is 7. The number of carbonyl (C=O) groups excluding carboxylic acids is 3. The van der Waals surface area contributed by atoms with Gasteiger partial charge >= 0.3 is 5.97 Å². The van der Waals surface area contributed by atoms with Gasteiger partial charge in [0.05, 0.1) is 25.3 Å². The highest BCUT2D eigenvalue weighted by molar-refractivity contribution is 5.93. The van der Waals surface area contributed by atoms with Gasteiger partial charge in [0, 0.05) is 18.0 Å². The van der Waals surface area contributed by atoms with E-state index in [0.717, 1.165) is 33.2 Å². The fraction of sp³-hybridized carbons (Fsp3) is 0.514. The van der Waals surface area contributed by atoms with Gasteiger partial charge in [-0.25, -0.2) is 4.79 Å². The lowest BCUT2D eigenvalue weighted by Crippen LogP contribution is -2.58. The molecule has 13 nitrogen and oxygen atoms in total. The van der Waals surface area contributed by atoms with E-state index in [2.05, 4.69) is 10.6 Å². The van der Waals surface area contributed by atoms with E-state index in [4.69, 9.17) is 9.47 Å². The largest absolute Gasteiger partial charge is 0.464 e. The molecule has 1 saturated heterocycles. The van der Waals surface area contributed by atoms with E-state index >= 15 is 0 Å². The van der Waals surface area contributed by atoms with E-state index in [1.54, 1.807) is 11.5 Å². The van der Waals surface area contributed by atoms with E-state index in [0.29, 0.717) is 19.3 Å². The molecule has 1 aliphatic rings. The molecule has 3 aromatic rings. The van der Waals surface area contributed by atoms with Crippen LogP contribution in [0.2, 0.25) is 0 Å². The number of aromatic nitrogens is 1. The number of nitrogens with one attached hydrogen (secondary N) is 2. The van der Waals surface area contributed by atoms with Crippen LogP contribution in [-0.4, -0.2) is 104 Å². The minimum Gasteiger partial charge on any atom is -0.464 e.